The van der Waals surface area contributed by atoms with Gasteiger partial charge in [0.15, 0.2) is 0 Å². The van der Waals surface area contributed by atoms with Crippen molar-refractivity contribution in [2.45, 2.75) is 4.21 Å². The second kappa shape index (κ2) is 4.11. The van der Waals surface area contributed by atoms with E-state index in [1.165, 1.54) is 24.5 Å². The maximum atomic E-state index is 11.8. The second-order valence-corrected chi connectivity index (χ2v) is 5.86. The van der Waals surface area contributed by atoms with Crippen molar-refractivity contribution in [1.29, 1.82) is 0 Å². The molecule has 0 saturated heterocycles. The molecule has 2 heterocycles. The van der Waals surface area contributed by atoms with Crippen molar-refractivity contribution < 1.29 is 8.42 Å². The van der Waals surface area contributed by atoms with Gasteiger partial charge < -0.3 is 5.73 Å². The minimum atomic E-state index is -3.53. The maximum absolute atomic E-state index is 11.8. The first-order chi connectivity index (χ1) is 7.59. The monoisotopic (exact) mass is 255 g/mol. The summed E-state index contributed by atoms with van der Waals surface area (Å²) in [4.78, 5) is 3.78. The second-order valence-electron chi connectivity index (χ2n) is 3.00. The van der Waals surface area contributed by atoms with Crippen LogP contribution >= 0.6 is 11.3 Å². The molecule has 0 saturated carbocycles. The number of thiophene rings is 1. The molecule has 0 aliphatic carbocycles. The van der Waals surface area contributed by atoms with Crippen LogP contribution in [0.25, 0.3) is 0 Å². The molecule has 3 N–H and O–H groups in total. The number of rotatable bonds is 3. The van der Waals surface area contributed by atoms with E-state index in [1.54, 1.807) is 11.4 Å². The highest BCUT2D eigenvalue weighted by molar-refractivity contribution is 7.94. The molecule has 84 valence electrons. The van der Waals surface area contributed by atoms with Crippen LogP contribution < -0.4 is 10.5 Å². The number of nitrogens with two attached hydrogens (primary N) is 1. The van der Waals surface area contributed by atoms with Gasteiger partial charge in [-0.15, -0.1) is 11.3 Å². The Morgan fingerprint density at radius 3 is 2.81 bits per heavy atom. The van der Waals surface area contributed by atoms with Crippen molar-refractivity contribution >= 4 is 32.7 Å². The number of nitrogen functional groups attached to an aromatic ring is 1. The van der Waals surface area contributed by atoms with E-state index in [2.05, 4.69) is 9.71 Å². The average Bonchev–Trinajstić information content (AvgIpc) is 2.75. The van der Waals surface area contributed by atoms with Crippen LogP contribution in [-0.2, 0) is 10.0 Å². The number of anilines is 2. The van der Waals surface area contributed by atoms with Gasteiger partial charge in [0.25, 0.3) is 10.0 Å². The number of nitrogens with zero attached hydrogens (tertiary/aromatic N) is 1. The molecular weight excluding hydrogens is 246 g/mol. The maximum Gasteiger partial charge on any atom is 0.271 e. The molecule has 2 rings (SSSR count). The van der Waals surface area contributed by atoms with Gasteiger partial charge in [0, 0.05) is 6.20 Å². The first-order valence-electron chi connectivity index (χ1n) is 4.35. The van der Waals surface area contributed by atoms with Gasteiger partial charge in [-0.25, -0.2) is 8.42 Å². The average molecular weight is 255 g/mol. The van der Waals surface area contributed by atoms with Gasteiger partial charge in [-0.3, -0.25) is 9.71 Å². The van der Waals surface area contributed by atoms with Crippen LogP contribution in [-0.4, -0.2) is 13.4 Å². The van der Waals surface area contributed by atoms with Crippen molar-refractivity contribution in [2.24, 2.45) is 0 Å². The van der Waals surface area contributed by atoms with E-state index < -0.39 is 10.0 Å². The summed E-state index contributed by atoms with van der Waals surface area (Å²) in [6.07, 6.45) is 2.87. The molecule has 0 aliphatic rings. The molecule has 0 aromatic carbocycles. The highest BCUT2D eigenvalue weighted by Gasteiger charge is 2.15. The van der Waals surface area contributed by atoms with E-state index in [0.717, 1.165) is 11.3 Å². The molecule has 0 atom stereocenters. The lowest BCUT2D eigenvalue weighted by molar-refractivity contribution is 0.603. The summed E-state index contributed by atoms with van der Waals surface area (Å²) in [6.45, 7) is 0. The third-order valence-electron chi connectivity index (χ3n) is 1.86. The smallest absolute Gasteiger partial charge is 0.271 e. The number of hydrogen-bond acceptors (Lipinski definition) is 5. The number of sulfonamides is 1. The molecule has 0 unspecified atom stereocenters. The zero-order valence-electron chi connectivity index (χ0n) is 8.12. The van der Waals surface area contributed by atoms with Gasteiger partial charge in [0.2, 0.25) is 0 Å². The standard InChI is InChI=1S/C9H9N3O2S2/c10-7-6-11-4-3-8(7)12-16(13,14)9-2-1-5-15-9/h1-6H,10H2,(H,11,12). The Morgan fingerprint density at radius 2 is 2.19 bits per heavy atom. The Balaban J connectivity index is 2.33. The summed E-state index contributed by atoms with van der Waals surface area (Å²) >= 11 is 1.15. The Morgan fingerprint density at radius 1 is 1.38 bits per heavy atom. The van der Waals surface area contributed by atoms with Gasteiger partial charge in [-0.05, 0) is 17.5 Å². The van der Waals surface area contributed by atoms with Gasteiger partial charge in [0.05, 0.1) is 17.6 Å². The third kappa shape index (κ3) is 2.15. The van der Waals surface area contributed by atoms with E-state index >= 15 is 0 Å². The molecule has 16 heavy (non-hydrogen) atoms. The summed E-state index contributed by atoms with van der Waals surface area (Å²) in [5.41, 5.74) is 6.23. The fourth-order valence-electron chi connectivity index (χ4n) is 1.11. The van der Waals surface area contributed by atoms with E-state index in [1.807, 2.05) is 0 Å². The minimum Gasteiger partial charge on any atom is -0.396 e. The molecular formula is C9H9N3O2S2. The predicted molar refractivity (Wildman–Crippen MR) is 63.8 cm³/mol. The zero-order valence-corrected chi connectivity index (χ0v) is 9.75. The molecule has 0 amide bonds. The number of nitrogens with one attached hydrogen (secondary N) is 1. The summed E-state index contributed by atoms with van der Waals surface area (Å²) in [5.74, 6) is 0. The SMILES string of the molecule is Nc1cnccc1NS(=O)(=O)c1cccs1. The Bertz CT molecular complexity index is 579. The molecule has 2 aromatic heterocycles. The van der Waals surface area contributed by atoms with E-state index in [9.17, 15) is 8.42 Å². The number of pyridine rings is 1. The molecule has 7 heteroatoms. The van der Waals surface area contributed by atoms with Gasteiger partial charge >= 0.3 is 0 Å². The molecule has 2 aromatic rings. The lowest BCUT2D eigenvalue weighted by Crippen LogP contribution is -2.12. The molecule has 0 aliphatic heterocycles. The quantitative estimate of drug-likeness (QED) is 0.871. The molecule has 0 fully saturated rings. The number of hydrogen-bond donors (Lipinski definition) is 2. The lowest BCUT2D eigenvalue weighted by Gasteiger charge is -2.07. The predicted octanol–water partition coefficient (Wildman–Crippen LogP) is 1.53. The van der Waals surface area contributed by atoms with Gasteiger partial charge in [0.1, 0.15) is 4.21 Å². The normalized spacial score (nSPS) is 11.2. The first kappa shape index (κ1) is 10.9. The van der Waals surface area contributed by atoms with Crippen LogP contribution in [0.2, 0.25) is 0 Å². The van der Waals surface area contributed by atoms with Crippen molar-refractivity contribution in [3.8, 4) is 0 Å². The topological polar surface area (TPSA) is 85.1 Å². The Hall–Kier alpha value is -1.60. The zero-order chi connectivity index (χ0) is 11.6. The Labute approximate surface area is 97.0 Å². The van der Waals surface area contributed by atoms with Crippen LogP contribution in [0.5, 0.6) is 0 Å². The van der Waals surface area contributed by atoms with Crippen LogP contribution in [0.3, 0.4) is 0 Å². The van der Waals surface area contributed by atoms with Crippen molar-refractivity contribution in [3.63, 3.8) is 0 Å². The summed E-state index contributed by atoms with van der Waals surface area (Å²) in [6, 6.07) is 4.72. The third-order valence-corrected chi connectivity index (χ3v) is 4.62. The van der Waals surface area contributed by atoms with Crippen molar-refractivity contribution in [2.75, 3.05) is 10.5 Å². The van der Waals surface area contributed by atoms with Crippen molar-refractivity contribution in [3.05, 3.63) is 36.0 Å². The molecule has 0 spiro atoms. The van der Waals surface area contributed by atoms with Gasteiger partial charge in [-0.2, -0.15) is 0 Å². The van der Waals surface area contributed by atoms with Crippen LogP contribution in [0.15, 0.2) is 40.2 Å². The summed E-state index contributed by atoms with van der Waals surface area (Å²) in [5, 5.41) is 1.70. The first-order valence-corrected chi connectivity index (χ1v) is 6.72. The fraction of sp³-hybridized carbons (Fsp3) is 0. The van der Waals surface area contributed by atoms with Gasteiger partial charge in [-0.1, -0.05) is 6.07 Å². The van der Waals surface area contributed by atoms with E-state index in [-0.39, 0.29) is 4.21 Å². The molecule has 5 nitrogen and oxygen atoms in total. The van der Waals surface area contributed by atoms with Crippen LogP contribution in [0, 0.1) is 0 Å². The Kier molecular flexibility index (Phi) is 2.80. The highest BCUT2D eigenvalue weighted by Crippen LogP contribution is 2.22. The van der Waals surface area contributed by atoms with Crippen LogP contribution in [0.4, 0.5) is 11.4 Å². The van der Waals surface area contributed by atoms with Crippen LogP contribution in [0.1, 0.15) is 0 Å². The fourth-order valence-corrected chi connectivity index (χ4v) is 3.19. The lowest BCUT2D eigenvalue weighted by atomic mass is 10.4. The van der Waals surface area contributed by atoms with E-state index in [4.69, 9.17) is 5.73 Å². The summed E-state index contributed by atoms with van der Waals surface area (Å²) < 4.78 is 26.3. The number of aromatic nitrogens is 1. The molecule has 0 bridgehead atoms. The minimum absolute atomic E-state index is 0.253. The molecule has 0 radical (unpaired) electrons. The summed E-state index contributed by atoms with van der Waals surface area (Å²) in [7, 11) is -3.53. The van der Waals surface area contributed by atoms with Crippen molar-refractivity contribution in [1.82, 2.24) is 4.98 Å². The highest BCUT2D eigenvalue weighted by atomic mass is 32.2. The largest absolute Gasteiger partial charge is 0.396 e. The van der Waals surface area contributed by atoms with E-state index in [0.29, 0.717) is 11.4 Å².